The Kier molecular flexibility index (Phi) is 10.2. The van der Waals surface area contributed by atoms with Gasteiger partial charge in [-0.25, -0.2) is 9.59 Å². The number of aromatic nitrogens is 1. The summed E-state index contributed by atoms with van der Waals surface area (Å²) in [4.78, 5) is 38.1. The number of nitrogens with one attached hydrogen (secondary N) is 2. The number of nitrogens with zero attached hydrogens (tertiary/aromatic N) is 2. The fourth-order valence-electron chi connectivity index (χ4n) is 4.85. The summed E-state index contributed by atoms with van der Waals surface area (Å²) >= 11 is 1.61. The van der Waals surface area contributed by atoms with E-state index in [0.29, 0.717) is 12.6 Å². The lowest BCUT2D eigenvalue weighted by Crippen LogP contribution is -2.43. The van der Waals surface area contributed by atoms with Crippen molar-refractivity contribution in [1.29, 1.82) is 0 Å². The molecule has 2 aliphatic heterocycles. The predicted octanol–water partition coefficient (Wildman–Crippen LogP) is 3.12. The fourth-order valence-corrected chi connectivity index (χ4v) is 5.79. The lowest BCUT2D eigenvalue weighted by Gasteiger charge is -2.34. The van der Waals surface area contributed by atoms with E-state index >= 15 is 0 Å². The minimum absolute atomic E-state index is 0.0460. The van der Waals surface area contributed by atoms with Crippen molar-refractivity contribution in [2.75, 3.05) is 32.1 Å². The van der Waals surface area contributed by atoms with E-state index in [9.17, 15) is 9.90 Å². The normalized spacial score (nSPS) is 18.0. The Morgan fingerprint density at radius 2 is 1.88 bits per heavy atom. The first kappa shape index (κ1) is 30.3. The van der Waals surface area contributed by atoms with E-state index in [2.05, 4.69) is 38.7 Å². The Morgan fingerprint density at radius 3 is 2.56 bits per heavy atom. The molecular formula is C29H34N4O7S. The lowest BCUT2D eigenvalue weighted by atomic mass is 10.0. The standard InChI is InChI=1S/C27H32N4O3S.C2H2O4/c1-17-27(33)30-24-13-18(3-6-26(24)35-17)15-29-19-8-11-31(12-9-19)16-25(32)21-7-10-28-23-5-4-20(34-2)14-22(21)23;3-1(4)2(5)6/h3-7,10,13-14,17,19,25,29,32H,8-9,11-12,15-16H2,1-2H3,(H,30,33);(H,3,4)(H,5,6)/t17?,25-;/m0./s1. The highest BCUT2D eigenvalue weighted by atomic mass is 32.2. The first-order chi connectivity index (χ1) is 19.6. The molecule has 11 nitrogen and oxygen atoms in total. The number of thioether (sulfide) groups is 1. The van der Waals surface area contributed by atoms with Gasteiger partial charge >= 0.3 is 11.9 Å². The van der Waals surface area contributed by atoms with Crippen LogP contribution in [0.5, 0.6) is 5.75 Å². The number of rotatable bonds is 7. The van der Waals surface area contributed by atoms with Crippen LogP contribution < -0.4 is 15.4 Å². The Labute approximate surface area is 241 Å². The van der Waals surface area contributed by atoms with Gasteiger partial charge in [-0.15, -0.1) is 11.8 Å². The maximum atomic E-state index is 12.0. The van der Waals surface area contributed by atoms with Crippen LogP contribution in [0.25, 0.3) is 10.9 Å². The number of pyridine rings is 1. The summed E-state index contributed by atoms with van der Waals surface area (Å²) in [6.07, 6.45) is 3.25. The van der Waals surface area contributed by atoms with Gasteiger partial charge in [0.2, 0.25) is 5.91 Å². The molecule has 0 spiro atoms. The van der Waals surface area contributed by atoms with Crippen molar-refractivity contribution in [1.82, 2.24) is 15.2 Å². The zero-order valence-corrected chi connectivity index (χ0v) is 23.7. The van der Waals surface area contributed by atoms with Gasteiger partial charge in [0.25, 0.3) is 0 Å². The first-order valence-corrected chi connectivity index (χ1v) is 14.2. The van der Waals surface area contributed by atoms with Gasteiger partial charge in [-0.2, -0.15) is 0 Å². The number of anilines is 1. The van der Waals surface area contributed by atoms with Crippen molar-refractivity contribution in [2.24, 2.45) is 0 Å². The smallest absolute Gasteiger partial charge is 0.414 e. The number of aliphatic carboxylic acids is 2. The summed E-state index contributed by atoms with van der Waals surface area (Å²) in [6, 6.07) is 14.4. The van der Waals surface area contributed by atoms with Gasteiger partial charge in [-0.3, -0.25) is 9.78 Å². The van der Waals surface area contributed by atoms with Crippen LogP contribution in [-0.2, 0) is 20.9 Å². The molecule has 5 N–H and O–H groups in total. The molecule has 0 bridgehead atoms. The second kappa shape index (κ2) is 13.8. The molecule has 41 heavy (non-hydrogen) atoms. The number of piperidine rings is 1. The number of carboxylic acid groups (broad SMARTS) is 2. The predicted molar refractivity (Wildman–Crippen MR) is 155 cm³/mol. The lowest BCUT2D eigenvalue weighted by molar-refractivity contribution is -0.159. The first-order valence-electron chi connectivity index (χ1n) is 13.3. The third-order valence-electron chi connectivity index (χ3n) is 7.11. The average Bonchev–Trinajstić information content (AvgIpc) is 2.97. The monoisotopic (exact) mass is 582 g/mol. The zero-order valence-electron chi connectivity index (χ0n) is 22.9. The number of carboxylic acids is 2. The van der Waals surface area contributed by atoms with E-state index in [1.54, 1.807) is 25.1 Å². The third-order valence-corrected chi connectivity index (χ3v) is 8.29. The molecule has 1 fully saturated rings. The maximum Gasteiger partial charge on any atom is 0.414 e. The molecule has 0 saturated carbocycles. The van der Waals surface area contributed by atoms with Crippen molar-refractivity contribution in [3.63, 3.8) is 0 Å². The number of amides is 1. The van der Waals surface area contributed by atoms with Crippen molar-refractivity contribution in [3.8, 4) is 5.75 Å². The largest absolute Gasteiger partial charge is 0.497 e. The van der Waals surface area contributed by atoms with E-state index in [4.69, 9.17) is 24.5 Å². The molecule has 0 aliphatic carbocycles. The molecule has 218 valence electrons. The summed E-state index contributed by atoms with van der Waals surface area (Å²) < 4.78 is 5.36. The molecule has 5 rings (SSSR count). The van der Waals surface area contributed by atoms with E-state index in [-0.39, 0.29) is 11.2 Å². The van der Waals surface area contributed by atoms with Crippen molar-refractivity contribution in [2.45, 2.75) is 48.6 Å². The topological polar surface area (TPSA) is 161 Å². The SMILES string of the molecule is COc1ccc2nccc([C@@H](O)CN3CCC(NCc4ccc5c(c4)NC(=O)C(C)S5)CC3)c2c1.O=C(O)C(=O)O. The highest BCUT2D eigenvalue weighted by molar-refractivity contribution is 8.00. The Balaban J connectivity index is 0.000000585. The molecule has 3 heterocycles. The summed E-state index contributed by atoms with van der Waals surface area (Å²) in [5.74, 6) is -2.81. The highest BCUT2D eigenvalue weighted by Crippen LogP contribution is 2.36. The Bertz CT molecular complexity index is 1400. The van der Waals surface area contributed by atoms with E-state index in [0.717, 1.165) is 65.3 Å². The second-order valence-electron chi connectivity index (χ2n) is 9.94. The molecule has 1 unspecified atom stereocenters. The quantitative estimate of drug-likeness (QED) is 0.260. The molecule has 2 atom stereocenters. The van der Waals surface area contributed by atoms with Crippen molar-refractivity contribution in [3.05, 3.63) is 59.8 Å². The minimum Gasteiger partial charge on any atom is -0.497 e. The fraction of sp³-hybridized carbons (Fsp3) is 0.379. The summed E-state index contributed by atoms with van der Waals surface area (Å²) in [5.41, 5.74) is 3.85. The second-order valence-corrected chi connectivity index (χ2v) is 11.3. The van der Waals surface area contributed by atoms with E-state index in [1.807, 2.05) is 31.2 Å². The van der Waals surface area contributed by atoms with E-state index < -0.39 is 18.0 Å². The van der Waals surface area contributed by atoms with Crippen LogP contribution in [0.2, 0.25) is 0 Å². The number of hydrogen-bond acceptors (Lipinski definition) is 9. The van der Waals surface area contributed by atoms with E-state index in [1.165, 1.54) is 5.56 Å². The van der Waals surface area contributed by atoms with Crippen LogP contribution in [0.1, 0.15) is 37.0 Å². The number of likely N-dealkylation sites (tertiary alicyclic amines) is 1. The maximum absolute atomic E-state index is 12.0. The minimum atomic E-state index is -1.82. The van der Waals surface area contributed by atoms with Gasteiger partial charge in [0.15, 0.2) is 0 Å². The number of carbonyl (C=O) groups excluding carboxylic acids is 1. The number of β-amino-alcohol motifs (C(OH)–C–C–N with tert-alkyl or cyclic N) is 1. The summed E-state index contributed by atoms with van der Waals surface area (Å²) in [5, 5.41) is 33.4. The molecule has 1 aromatic heterocycles. The number of hydrogen-bond donors (Lipinski definition) is 5. The zero-order chi connectivity index (χ0) is 29.5. The molecular weight excluding hydrogens is 548 g/mol. The number of carbonyl (C=O) groups is 3. The molecule has 12 heteroatoms. The van der Waals surface area contributed by atoms with Gasteiger partial charge in [0, 0.05) is 35.6 Å². The van der Waals surface area contributed by atoms with Gasteiger partial charge < -0.3 is 35.6 Å². The van der Waals surface area contributed by atoms with Gasteiger partial charge in [-0.1, -0.05) is 6.07 Å². The Morgan fingerprint density at radius 1 is 1.15 bits per heavy atom. The van der Waals surface area contributed by atoms with Gasteiger partial charge in [-0.05, 0) is 80.4 Å². The molecule has 1 amide bonds. The molecule has 2 aromatic carbocycles. The van der Waals surface area contributed by atoms with Crippen LogP contribution in [0.3, 0.4) is 0 Å². The number of aliphatic hydroxyl groups is 1. The number of benzene rings is 2. The molecule has 2 aliphatic rings. The average molecular weight is 583 g/mol. The molecule has 1 saturated heterocycles. The van der Waals surface area contributed by atoms with Crippen LogP contribution in [-0.4, -0.2) is 81.1 Å². The Hall–Kier alpha value is -3.71. The van der Waals surface area contributed by atoms with Crippen LogP contribution >= 0.6 is 11.8 Å². The van der Waals surface area contributed by atoms with Crippen molar-refractivity contribution < 1.29 is 34.4 Å². The number of aliphatic hydroxyl groups excluding tert-OH is 1. The molecule has 0 radical (unpaired) electrons. The third kappa shape index (κ3) is 7.94. The number of methoxy groups -OCH3 is 1. The van der Waals surface area contributed by atoms with Crippen LogP contribution in [0.15, 0.2) is 53.6 Å². The van der Waals surface area contributed by atoms with Crippen LogP contribution in [0, 0.1) is 0 Å². The van der Waals surface area contributed by atoms with Crippen LogP contribution in [0.4, 0.5) is 5.69 Å². The van der Waals surface area contributed by atoms with Crippen molar-refractivity contribution >= 4 is 46.2 Å². The number of fused-ring (bicyclic) bond motifs is 2. The van der Waals surface area contributed by atoms with Gasteiger partial charge in [0.05, 0.1) is 29.7 Å². The molecule has 3 aromatic rings. The highest BCUT2D eigenvalue weighted by Gasteiger charge is 2.24. The van der Waals surface area contributed by atoms with Gasteiger partial charge in [0.1, 0.15) is 5.75 Å². The summed E-state index contributed by atoms with van der Waals surface area (Å²) in [7, 11) is 1.65. The summed E-state index contributed by atoms with van der Waals surface area (Å²) in [6.45, 7) is 5.19. The number of ether oxygens (including phenoxy) is 1.